The Kier molecular flexibility index (Phi) is 8.01. The van der Waals surface area contributed by atoms with Gasteiger partial charge in [0, 0.05) is 50.2 Å². The van der Waals surface area contributed by atoms with Crippen LogP contribution in [-0.4, -0.2) is 76.4 Å². The third-order valence-corrected chi connectivity index (χ3v) is 5.75. The van der Waals surface area contributed by atoms with Crippen molar-refractivity contribution < 1.29 is 9.53 Å². The van der Waals surface area contributed by atoms with Crippen molar-refractivity contribution in [2.24, 2.45) is 0 Å². The monoisotopic (exact) mass is 457 g/mol. The summed E-state index contributed by atoms with van der Waals surface area (Å²) < 4.78 is 5.68. The van der Waals surface area contributed by atoms with Crippen LogP contribution in [0.1, 0.15) is 45.2 Å². The van der Waals surface area contributed by atoms with E-state index >= 15 is 0 Å². The SMILES string of the molecule is Cc1c(N[C@@H](C)COCCC(=O)N2CCN(c3ncc(C(C)(C)C)cn3)CC2)cn[nH]c1=O. The van der Waals surface area contributed by atoms with Crippen molar-refractivity contribution in [3.8, 4) is 0 Å². The minimum absolute atomic E-state index is 0.0179. The summed E-state index contributed by atoms with van der Waals surface area (Å²) in [6, 6.07) is -0.0179. The summed E-state index contributed by atoms with van der Waals surface area (Å²) >= 11 is 0. The molecule has 180 valence electrons. The Hall–Kier alpha value is -3.01. The van der Waals surface area contributed by atoms with Crippen LogP contribution in [-0.2, 0) is 14.9 Å². The van der Waals surface area contributed by atoms with Gasteiger partial charge in [-0.25, -0.2) is 15.1 Å². The van der Waals surface area contributed by atoms with Gasteiger partial charge in [0.15, 0.2) is 0 Å². The highest BCUT2D eigenvalue weighted by Gasteiger charge is 2.23. The van der Waals surface area contributed by atoms with Gasteiger partial charge >= 0.3 is 0 Å². The van der Waals surface area contributed by atoms with Crippen LogP contribution in [0.2, 0.25) is 0 Å². The molecule has 2 N–H and O–H groups in total. The highest BCUT2D eigenvalue weighted by atomic mass is 16.5. The number of anilines is 2. The van der Waals surface area contributed by atoms with Crippen LogP contribution in [0.5, 0.6) is 0 Å². The molecule has 0 bridgehead atoms. The smallest absolute Gasteiger partial charge is 0.269 e. The van der Waals surface area contributed by atoms with E-state index in [0.717, 1.165) is 5.56 Å². The number of ether oxygens (including phenoxy) is 1. The number of H-pyrrole nitrogens is 1. The fraction of sp³-hybridized carbons (Fsp3) is 0.609. The van der Waals surface area contributed by atoms with Gasteiger partial charge in [0.05, 0.1) is 31.5 Å². The van der Waals surface area contributed by atoms with Crippen molar-refractivity contribution in [3.05, 3.63) is 40.1 Å². The average molecular weight is 458 g/mol. The van der Waals surface area contributed by atoms with Gasteiger partial charge in [-0.1, -0.05) is 20.8 Å². The van der Waals surface area contributed by atoms with Gasteiger partial charge in [-0.3, -0.25) is 9.59 Å². The fourth-order valence-corrected chi connectivity index (χ4v) is 3.52. The normalized spacial score (nSPS) is 15.4. The first kappa shape index (κ1) is 24.6. The van der Waals surface area contributed by atoms with E-state index < -0.39 is 0 Å². The van der Waals surface area contributed by atoms with Crippen LogP contribution in [0, 0.1) is 6.92 Å². The Morgan fingerprint density at radius 2 is 1.85 bits per heavy atom. The third-order valence-electron chi connectivity index (χ3n) is 5.75. The number of piperazine rings is 1. The molecule has 3 heterocycles. The van der Waals surface area contributed by atoms with E-state index in [2.05, 4.69) is 51.2 Å². The highest BCUT2D eigenvalue weighted by Crippen LogP contribution is 2.21. The van der Waals surface area contributed by atoms with Crippen LogP contribution >= 0.6 is 0 Å². The van der Waals surface area contributed by atoms with Crippen molar-refractivity contribution in [3.63, 3.8) is 0 Å². The minimum atomic E-state index is -0.215. The zero-order chi connectivity index (χ0) is 24.0. The molecule has 1 amide bonds. The van der Waals surface area contributed by atoms with Gasteiger partial charge in [0.1, 0.15) is 0 Å². The molecule has 0 spiro atoms. The Labute approximate surface area is 194 Å². The molecule has 0 saturated carbocycles. The Morgan fingerprint density at radius 1 is 1.18 bits per heavy atom. The lowest BCUT2D eigenvalue weighted by Gasteiger charge is -2.35. The quantitative estimate of drug-likeness (QED) is 0.576. The summed E-state index contributed by atoms with van der Waals surface area (Å²) in [6.07, 6.45) is 5.71. The summed E-state index contributed by atoms with van der Waals surface area (Å²) in [5, 5.41) is 9.42. The first-order chi connectivity index (χ1) is 15.6. The molecule has 1 aliphatic heterocycles. The predicted molar refractivity (Wildman–Crippen MR) is 128 cm³/mol. The molecule has 3 rings (SSSR count). The predicted octanol–water partition coefficient (Wildman–Crippen LogP) is 1.72. The van der Waals surface area contributed by atoms with E-state index in [9.17, 15) is 9.59 Å². The lowest BCUT2D eigenvalue weighted by atomic mass is 9.89. The molecule has 1 fully saturated rings. The molecule has 0 unspecified atom stereocenters. The number of rotatable bonds is 8. The zero-order valence-corrected chi connectivity index (χ0v) is 20.2. The number of hydrogen-bond acceptors (Lipinski definition) is 8. The lowest BCUT2D eigenvalue weighted by molar-refractivity contribution is -0.132. The molecule has 0 radical (unpaired) electrons. The maximum atomic E-state index is 12.5. The van der Waals surface area contributed by atoms with Crippen LogP contribution in [0.25, 0.3) is 0 Å². The van der Waals surface area contributed by atoms with E-state index in [1.165, 1.54) is 0 Å². The molecule has 2 aromatic rings. The Bertz CT molecular complexity index is 977. The van der Waals surface area contributed by atoms with Gasteiger partial charge in [-0.2, -0.15) is 5.10 Å². The highest BCUT2D eigenvalue weighted by molar-refractivity contribution is 5.76. The number of nitrogens with one attached hydrogen (secondary N) is 2. The molecular formula is C23H35N7O3. The maximum absolute atomic E-state index is 12.5. The topological polar surface area (TPSA) is 116 Å². The first-order valence-corrected chi connectivity index (χ1v) is 11.4. The van der Waals surface area contributed by atoms with Crippen LogP contribution in [0.4, 0.5) is 11.6 Å². The van der Waals surface area contributed by atoms with E-state index in [0.29, 0.717) is 63.0 Å². The number of hydrogen-bond donors (Lipinski definition) is 2. The number of carbonyl (C=O) groups excluding carboxylic acids is 1. The van der Waals surface area contributed by atoms with Gasteiger partial charge < -0.3 is 19.9 Å². The van der Waals surface area contributed by atoms with Crippen molar-refractivity contribution in [1.29, 1.82) is 0 Å². The summed E-state index contributed by atoms with van der Waals surface area (Å²) in [5.74, 6) is 0.805. The van der Waals surface area contributed by atoms with Crippen LogP contribution in [0.3, 0.4) is 0 Å². The van der Waals surface area contributed by atoms with Crippen LogP contribution in [0.15, 0.2) is 23.4 Å². The van der Waals surface area contributed by atoms with Gasteiger partial charge in [0.25, 0.3) is 5.56 Å². The first-order valence-electron chi connectivity index (χ1n) is 11.4. The minimum Gasteiger partial charge on any atom is -0.379 e. The van der Waals surface area contributed by atoms with Gasteiger partial charge in [-0.15, -0.1) is 0 Å². The van der Waals surface area contributed by atoms with Gasteiger partial charge in [-0.05, 0) is 24.8 Å². The number of nitrogens with zero attached hydrogens (tertiary/aromatic N) is 5. The standard InChI is InChI=1S/C23H35N7O3/c1-16(27-19-14-26-28-21(32)17(19)2)15-33-11-6-20(31)29-7-9-30(10-8-29)22-24-12-18(13-25-22)23(3,4)5/h12-14,16H,6-11,15H2,1-5H3,(H2,27,28,32)/t16-/m0/s1. The average Bonchev–Trinajstić information content (AvgIpc) is 2.79. The molecule has 2 aromatic heterocycles. The van der Waals surface area contributed by atoms with Crippen molar-refractivity contribution >= 4 is 17.5 Å². The molecule has 33 heavy (non-hydrogen) atoms. The van der Waals surface area contributed by atoms with Crippen LogP contribution < -0.4 is 15.8 Å². The second-order valence-electron chi connectivity index (χ2n) is 9.50. The van der Waals surface area contributed by atoms with E-state index in [1.807, 2.05) is 24.2 Å². The summed E-state index contributed by atoms with van der Waals surface area (Å²) in [6.45, 7) is 13.6. The molecule has 0 aliphatic carbocycles. The molecule has 1 saturated heterocycles. The largest absolute Gasteiger partial charge is 0.379 e. The number of carbonyl (C=O) groups is 1. The van der Waals surface area contributed by atoms with E-state index in [-0.39, 0.29) is 22.9 Å². The number of aromatic amines is 1. The molecule has 1 aliphatic rings. The summed E-state index contributed by atoms with van der Waals surface area (Å²) in [7, 11) is 0. The van der Waals surface area contributed by atoms with E-state index in [4.69, 9.17) is 4.74 Å². The fourth-order valence-electron chi connectivity index (χ4n) is 3.52. The maximum Gasteiger partial charge on any atom is 0.269 e. The molecule has 10 nitrogen and oxygen atoms in total. The zero-order valence-electron chi connectivity index (χ0n) is 20.2. The molecular weight excluding hydrogens is 422 g/mol. The lowest BCUT2D eigenvalue weighted by Crippen LogP contribution is -2.49. The molecule has 0 aromatic carbocycles. The molecule has 1 atom stereocenters. The summed E-state index contributed by atoms with van der Waals surface area (Å²) in [4.78, 5) is 37.2. The van der Waals surface area contributed by atoms with Crippen molar-refractivity contribution in [1.82, 2.24) is 25.1 Å². The number of aromatic nitrogens is 4. The molecule has 10 heteroatoms. The second kappa shape index (κ2) is 10.7. The van der Waals surface area contributed by atoms with Gasteiger partial charge in [0.2, 0.25) is 11.9 Å². The third kappa shape index (κ3) is 6.74. The van der Waals surface area contributed by atoms with Crippen molar-refractivity contribution in [2.45, 2.75) is 52.5 Å². The van der Waals surface area contributed by atoms with Crippen molar-refractivity contribution in [2.75, 3.05) is 49.6 Å². The van der Waals surface area contributed by atoms with E-state index in [1.54, 1.807) is 13.1 Å². The Balaban J connectivity index is 1.36. The second-order valence-corrected chi connectivity index (χ2v) is 9.50. The summed E-state index contributed by atoms with van der Waals surface area (Å²) in [5.41, 5.74) is 2.18. The number of amides is 1. The Morgan fingerprint density at radius 3 is 2.48 bits per heavy atom.